The van der Waals surface area contributed by atoms with Crippen molar-refractivity contribution in [2.24, 2.45) is 10.8 Å². The predicted octanol–water partition coefficient (Wildman–Crippen LogP) is 2.98. The van der Waals surface area contributed by atoms with Crippen molar-refractivity contribution in [2.45, 2.75) is 47.3 Å². The van der Waals surface area contributed by atoms with Crippen LogP contribution in [0.2, 0.25) is 0 Å². The monoisotopic (exact) mass is 365 g/mol. The van der Waals surface area contributed by atoms with Crippen molar-refractivity contribution in [2.75, 3.05) is 6.61 Å². The lowest BCUT2D eigenvalue weighted by atomic mass is 9.86. The Kier molecular flexibility index (Phi) is 7.18. The molecular weight excluding hydrogens is 338 g/mol. The second kappa shape index (κ2) is 8.69. The third-order valence-electron chi connectivity index (χ3n) is 3.73. The first-order valence-electron chi connectivity index (χ1n) is 8.31. The molecule has 1 amide bonds. The van der Waals surface area contributed by atoms with Gasteiger partial charge in [0.2, 0.25) is 0 Å². The van der Waals surface area contributed by atoms with Gasteiger partial charge in [-0.3, -0.25) is 4.79 Å². The molecule has 0 radical (unpaired) electrons. The molecule has 0 aromatic heterocycles. The summed E-state index contributed by atoms with van der Waals surface area (Å²) in [5.41, 5.74) is -1.04. The maximum atomic E-state index is 12.4. The Morgan fingerprint density at radius 2 is 1.62 bits per heavy atom. The number of carbonyl (C=O) groups excluding carboxylic acids is 2. The number of hydrogen-bond donors (Lipinski definition) is 2. The van der Waals surface area contributed by atoms with Gasteiger partial charge in [0.25, 0.3) is 0 Å². The fourth-order valence-electron chi connectivity index (χ4n) is 1.91. The number of rotatable bonds is 7. The zero-order valence-corrected chi connectivity index (χ0v) is 15.9. The lowest BCUT2D eigenvalue weighted by Crippen LogP contribution is -2.50. The van der Waals surface area contributed by atoms with Crippen LogP contribution in [0, 0.1) is 10.8 Å². The van der Waals surface area contributed by atoms with Crippen LogP contribution in [0.15, 0.2) is 30.3 Å². The molecule has 0 aliphatic carbocycles. The van der Waals surface area contributed by atoms with E-state index in [1.165, 1.54) is 13.8 Å². The van der Waals surface area contributed by atoms with Gasteiger partial charge in [0.1, 0.15) is 19.3 Å². The Bertz CT molecular complexity index is 633. The first kappa shape index (κ1) is 21.5. The van der Waals surface area contributed by atoms with E-state index in [0.717, 1.165) is 5.56 Å². The first-order chi connectivity index (χ1) is 11.9. The van der Waals surface area contributed by atoms with E-state index in [4.69, 9.17) is 14.6 Å². The number of amides is 1. The summed E-state index contributed by atoms with van der Waals surface area (Å²) >= 11 is 0. The number of nitrogens with one attached hydrogen (secondary N) is 1. The van der Waals surface area contributed by atoms with Crippen LogP contribution in [0.5, 0.6) is 0 Å². The molecule has 0 spiro atoms. The predicted molar refractivity (Wildman–Crippen MR) is 95.4 cm³/mol. The highest BCUT2D eigenvalue weighted by Gasteiger charge is 2.37. The van der Waals surface area contributed by atoms with Gasteiger partial charge in [-0.1, -0.05) is 51.1 Å². The minimum Gasteiger partial charge on any atom is -0.481 e. The van der Waals surface area contributed by atoms with Crippen molar-refractivity contribution in [1.82, 2.24) is 5.32 Å². The molecule has 0 saturated carbocycles. The number of alkyl carbamates (subject to hydrolysis) is 1. The SMILES string of the molecule is CC(C)(COC(=O)[C@@H](NC(=O)OCc1ccccc1)C(C)(C)C)C(=O)O. The fourth-order valence-corrected chi connectivity index (χ4v) is 1.91. The van der Waals surface area contributed by atoms with Gasteiger partial charge in [-0.25, -0.2) is 9.59 Å². The number of carbonyl (C=O) groups is 3. The van der Waals surface area contributed by atoms with Crippen molar-refractivity contribution in [3.8, 4) is 0 Å². The average Bonchev–Trinajstić information content (AvgIpc) is 2.55. The largest absolute Gasteiger partial charge is 0.481 e. The molecule has 144 valence electrons. The van der Waals surface area contributed by atoms with Gasteiger partial charge in [-0.15, -0.1) is 0 Å². The molecule has 1 rings (SSSR count). The van der Waals surface area contributed by atoms with Crippen molar-refractivity contribution >= 4 is 18.0 Å². The lowest BCUT2D eigenvalue weighted by Gasteiger charge is -2.30. The minimum absolute atomic E-state index is 0.0740. The van der Waals surface area contributed by atoms with Crippen molar-refractivity contribution in [3.05, 3.63) is 35.9 Å². The zero-order chi connectivity index (χ0) is 20.0. The normalized spacial score (nSPS) is 12.8. The number of ether oxygens (including phenoxy) is 2. The van der Waals surface area contributed by atoms with Crippen LogP contribution in [0.3, 0.4) is 0 Å². The van der Waals surface area contributed by atoms with Gasteiger partial charge in [-0.2, -0.15) is 0 Å². The molecule has 1 aromatic carbocycles. The van der Waals surface area contributed by atoms with Crippen molar-refractivity contribution in [3.63, 3.8) is 0 Å². The van der Waals surface area contributed by atoms with E-state index in [9.17, 15) is 14.4 Å². The molecule has 1 atom stereocenters. The molecule has 26 heavy (non-hydrogen) atoms. The highest BCUT2D eigenvalue weighted by atomic mass is 16.6. The molecule has 7 heteroatoms. The van der Waals surface area contributed by atoms with Gasteiger partial charge in [-0.05, 0) is 24.8 Å². The first-order valence-corrected chi connectivity index (χ1v) is 8.31. The van der Waals surface area contributed by atoms with Crippen molar-refractivity contribution < 1.29 is 29.0 Å². The van der Waals surface area contributed by atoms with Gasteiger partial charge >= 0.3 is 18.0 Å². The number of benzene rings is 1. The third-order valence-corrected chi connectivity index (χ3v) is 3.73. The van der Waals surface area contributed by atoms with Gasteiger partial charge in [0, 0.05) is 0 Å². The van der Waals surface area contributed by atoms with Crippen molar-refractivity contribution in [1.29, 1.82) is 0 Å². The third kappa shape index (κ3) is 6.74. The van der Waals surface area contributed by atoms with Crippen LogP contribution < -0.4 is 5.32 Å². The van der Waals surface area contributed by atoms with Crippen LogP contribution in [-0.2, 0) is 25.7 Å². The maximum Gasteiger partial charge on any atom is 0.408 e. The van der Waals surface area contributed by atoms with E-state index in [2.05, 4.69) is 5.32 Å². The Hall–Kier alpha value is -2.57. The summed E-state index contributed by atoms with van der Waals surface area (Å²) in [6.07, 6.45) is -0.747. The zero-order valence-electron chi connectivity index (χ0n) is 15.9. The van der Waals surface area contributed by atoms with E-state index in [-0.39, 0.29) is 13.2 Å². The summed E-state index contributed by atoms with van der Waals surface area (Å²) in [6, 6.07) is 8.17. The second-order valence-corrected chi connectivity index (χ2v) is 7.80. The number of carboxylic acid groups (broad SMARTS) is 1. The highest BCUT2D eigenvalue weighted by molar-refractivity contribution is 5.82. The van der Waals surface area contributed by atoms with Crippen LogP contribution in [0.1, 0.15) is 40.2 Å². The summed E-state index contributed by atoms with van der Waals surface area (Å²) in [6.45, 7) is 7.97. The summed E-state index contributed by atoms with van der Waals surface area (Å²) in [5, 5.41) is 11.6. The summed E-state index contributed by atoms with van der Waals surface area (Å²) in [7, 11) is 0. The molecule has 0 saturated heterocycles. The summed E-state index contributed by atoms with van der Waals surface area (Å²) in [4.78, 5) is 35.6. The van der Waals surface area contributed by atoms with E-state index < -0.39 is 34.9 Å². The van der Waals surface area contributed by atoms with Gasteiger partial charge in [0.15, 0.2) is 0 Å². The number of esters is 1. The van der Waals surface area contributed by atoms with Crippen LogP contribution in [0.4, 0.5) is 4.79 Å². The number of hydrogen-bond acceptors (Lipinski definition) is 5. The maximum absolute atomic E-state index is 12.4. The Morgan fingerprint density at radius 3 is 2.12 bits per heavy atom. The molecule has 0 unspecified atom stereocenters. The van der Waals surface area contributed by atoms with Crippen LogP contribution in [-0.4, -0.2) is 35.8 Å². The second-order valence-electron chi connectivity index (χ2n) is 7.80. The average molecular weight is 365 g/mol. The Morgan fingerprint density at radius 1 is 1.04 bits per heavy atom. The molecule has 0 heterocycles. The molecule has 1 aromatic rings. The van der Waals surface area contributed by atoms with E-state index in [1.807, 2.05) is 30.3 Å². The lowest BCUT2D eigenvalue weighted by molar-refractivity contribution is -0.159. The summed E-state index contributed by atoms with van der Waals surface area (Å²) in [5.74, 6) is -1.78. The molecule has 7 nitrogen and oxygen atoms in total. The molecule has 0 bridgehead atoms. The molecule has 0 aliphatic rings. The van der Waals surface area contributed by atoms with Gasteiger partial charge < -0.3 is 19.9 Å². The molecule has 2 N–H and O–H groups in total. The van der Waals surface area contributed by atoms with E-state index in [1.54, 1.807) is 20.8 Å². The highest BCUT2D eigenvalue weighted by Crippen LogP contribution is 2.22. The summed E-state index contributed by atoms with van der Waals surface area (Å²) < 4.78 is 10.3. The fraction of sp³-hybridized carbons (Fsp3) is 0.526. The van der Waals surface area contributed by atoms with E-state index >= 15 is 0 Å². The Labute approximate surface area is 153 Å². The van der Waals surface area contributed by atoms with E-state index in [0.29, 0.717) is 0 Å². The quantitative estimate of drug-likeness (QED) is 0.720. The number of carboxylic acids is 1. The molecular formula is C19H27NO6. The van der Waals surface area contributed by atoms with Crippen LogP contribution >= 0.6 is 0 Å². The topological polar surface area (TPSA) is 102 Å². The standard InChI is InChI=1S/C19H27NO6/c1-18(2,3)14(15(21)26-12-19(4,5)16(22)23)20-17(24)25-11-13-9-7-6-8-10-13/h6-10,14H,11-12H2,1-5H3,(H,20,24)(H,22,23)/t14-/m1/s1. The Balaban J connectivity index is 2.67. The molecule has 0 fully saturated rings. The minimum atomic E-state index is -1.22. The van der Waals surface area contributed by atoms with Gasteiger partial charge in [0.05, 0.1) is 5.41 Å². The van der Waals surface area contributed by atoms with Crippen LogP contribution in [0.25, 0.3) is 0 Å². The molecule has 0 aliphatic heterocycles. The number of aliphatic carboxylic acids is 1. The smallest absolute Gasteiger partial charge is 0.408 e.